The molecule has 2 heterocycles. The van der Waals surface area contributed by atoms with Gasteiger partial charge in [0.2, 0.25) is 0 Å². The van der Waals surface area contributed by atoms with E-state index >= 15 is 0 Å². The average molecular weight is 529 g/mol. The Labute approximate surface area is 220 Å². The van der Waals surface area contributed by atoms with Crippen molar-refractivity contribution in [2.24, 2.45) is 0 Å². The van der Waals surface area contributed by atoms with E-state index in [9.17, 15) is 9.18 Å². The first kappa shape index (κ1) is 26.2. The van der Waals surface area contributed by atoms with E-state index in [1.54, 1.807) is 18.2 Å². The highest BCUT2D eigenvalue weighted by molar-refractivity contribution is 6.36. The summed E-state index contributed by atoms with van der Waals surface area (Å²) >= 11 is 12.7. The zero-order valence-electron chi connectivity index (χ0n) is 20.0. The molecule has 0 bridgehead atoms. The number of morpholine rings is 1. The predicted octanol–water partition coefficient (Wildman–Crippen LogP) is 5.49. The third kappa shape index (κ3) is 6.08. The summed E-state index contributed by atoms with van der Waals surface area (Å²) in [5.74, 6) is 6.31. The monoisotopic (exact) mass is 528 g/mol. The zero-order chi connectivity index (χ0) is 25.5. The van der Waals surface area contributed by atoms with E-state index in [1.807, 2.05) is 40.8 Å². The molecule has 1 aromatic heterocycles. The second-order valence-corrected chi connectivity index (χ2v) is 9.07. The lowest BCUT2D eigenvalue weighted by Gasteiger charge is -2.26. The predicted molar refractivity (Wildman–Crippen MR) is 140 cm³/mol. The summed E-state index contributed by atoms with van der Waals surface area (Å²) in [6.07, 6.45) is 1.51. The molecule has 2 aromatic carbocycles. The van der Waals surface area contributed by atoms with Crippen molar-refractivity contribution >= 4 is 29.1 Å². The maximum absolute atomic E-state index is 13.3. The lowest BCUT2D eigenvalue weighted by Crippen LogP contribution is -2.48. The van der Waals surface area contributed by atoms with Crippen LogP contribution in [0.1, 0.15) is 41.5 Å². The van der Waals surface area contributed by atoms with Gasteiger partial charge in [-0.2, -0.15) is 0 Å². The van der Waals surface area contributed by atoms with Crippen LogP contribution < -0.4 is 5.43 Å². The molecule has 9 heteroatoms. The molecule has 1 saturated heterocycles. The van der Waals surface area contributed by atoms with Crippen molar-refractivity contribution in [1.29, 1.82) is 0 Å². The van der Waals surface area contributed by atoms with E-state index in [1.165, 1.54) is 0 Å². The van der Waals surface area contributed by atoms with Gasteiger partial charge in [0.15, 0.2) is 5.69 Å². The molecule has 0 spiro atoms. The number of halogens is 3. The maximum Gasteiger partial charge on any atom is 0.286 e. The van der Waals surface area contributed by atoms with Gasteiger partial charge in [-0.25, -0.2) is 9.99 Å². The Morgan fingerprint density at radius 3 is 2.58 bits per heavy atom. The van der Waals surface area contributed by atoms with Crippen molar-refractivity contribution in [3.05, 3.63) is 69.5 Å². The minimum Gasteiger partial charge on any atom is -0.379 e. The van der Waals surface area contributed by atoms with Crippen LogP contribution in [0.4, 0.5) is 4.39 Å². The number of nitrogens with zero attached hydrogens (tertiary/aromatic N) is 3. The van der Waals surface area contributed by atoms with Gasteiger partial charge in [0.25, 0.3) is 5.91 Å². The van der Waals surface area contributed by atoms with Crippen LogP contribution in [-0.2, 0) is 11.2 Å². The summed E-state index contributed by atoms with van der Waals surface area (Å²) in [7, 11) is 0. The first-order valence-corrected chi connectivity index (χ1v) is 12.6. The maximum atomic E-state index is 13.3. The Hall–Kier alpha value is -2.89. The second kappa shape index (κ2) is 12.4. The molecule has 36 heavy (non-hydrogen) atoms. The van der Waals surface area contributed by atoms with Crippen LogP contribution in [0.15, 0.2) is 42.5 Å². The van der Waals surface area contributed by atoms with Crippen LogP contribution >= 0.6 is 23.2 Å². The van der Waals surface area contributed by atoms with E-state index in [4.69, 9.17) is 32.9 Å². The van der Waals surface area contributed by atoms with Crippen molar-refractivity contribution in [3.8, 4) is 28.9 Å². The number of benzene rings is 2. The Kier molecular flexibility index (Phi) is 9.00. The molecule has 4 rings (SSSR count). The normalized spacial score (nSPS) is 13.8. The Balaban J connectivity index is 1.76. The van der Waals surface area contributed by atoms with Gasteiger partial charge < -0.3 is 4.74 Å². The van der Waals surface area contributed by atoms with Gasteiger partial charge in [-0.05, 0) is 55.3 Å². The Bertz CT molecular complexity index is 1280. The summed E-state index contributed by atoms with van der Waals surface area (Å²) in [6.45, 7) is 3.95. The van der Waals surface area contributed by atoms with Gasteiger partial charge in [-0.15, -0.1) is 0 Å². The fraction of sp³-hybridized carbons (Fsp3) is 0.333. The van der Waals surface area contributed by atoms with E-state index in [0.29, 0.717) is 72.7 Å². The molecule has 0 saturated carbocycles. The third-order valence-corrected chi connectivity index (χ3v) is 6.31. The summed E-state index contributed by atoms with van der Waals surface area (Å²) in [5.41, 5.74) is 6.35. The molecule has 1 fully saturated rings. The molecule has 1 aliphatic rings. The van der Waals surface area contributed by atoms with E-state index in [0.717, 1.165) is 16.9 Å². The minimum atomic E-state index is -0.370. The summed E-state index contributed by atoms with van der Waals surface area (Å²) in [4.78, 5) is 18.1. The van der Waals surface area contributed by atoms with Crippen molar-refractivity contribution in [2.45, 2.75) is 26.2 Å². The van der Waals surface area contributed by atoms with Crippen molar-refractivity contribution in [3.63, 3.8) is 0 Å². The fourth-order valence-corrected chi connectivity index (χ4v) is 4.47. The Morgan fingerprint density at radius 2 is 1.92 bits per heavy atom. The number of rotatable bonds is 7. The van der Waals surface area contributed by atoms with E-state index < -0.39 is 0 Å². The summed E-state index contributed by atoms with van der Waals surface area (Å²) in [5, 5.41) is 2.79. The van der Waals surface area contributed by atoms with Gasteiger partial charge in [0.1, 0.15) is 5.82 Å². The number of alkyl halides is 1. The third-order valence-electron chi connectivity index (χ3n) is 5.76. The highest BCUT2D eigenvalue weighted by Crippen LogP contribution is 2.33. The number of hydrazine groups is 1. The van der Waals surface area contributed by atoms with Crippen LogP contribution in [0.5, 0.6) is 0 Å². The molecule has 1 N–H and O–H groups in total. The van der Waals surface area contributed by atoms with Gasteiger partial charge in [0, 0.05) is 41.3 Å². The van der Waals surface area contributed by atoms with Crippen LogP contribution in [-0.4, -0.2) is 53.4 Å². The molecule has 0 unspecified atom stereocenters. The lowest BCUT2D eigenvalue weighted by molar-refractivity contribution is 0.0124. The molecular formula is C27H27Cl2FN4O2. The molecule has 188 valence electrons. The SMILES string of the molecule is CCc1c(C(=O)NN2CCOCC2)nc(-c2ccc(Cl)cc2Cl)n1-c1ccc(C#CCCCF)cc1. The fourth-order valence-electron chi connectivity index (χ4n) is 3.98. The number of carbonyl (C=O) groups excluding carboxylic acids is 1. The second-order valence-electron chi connectivity index (χ2n) is 8.23. The van der Waals surface area contributed by atoms with E-state index in [2.05, 4.69) is 17.3 Å². The number of imidazole rings is 1. The number of nitrogens with one attached hydrogen (secondary N) is 1. The smallest absolute Gasteiger partial charge is 0.286 e. The number of carbonyl (C=O) groups is 1. The summed E-state index contributed by atoms with van der Waals surface area (Å²) in [6, 6.07) is 12.9. The topological polar surface area (TPSA) is 59.4 Å². The van der Waals surface area contributed by atoms with Crippen LogP contribution in [0, 0.1) is 11.8 Å². The number of amides is 1. The van der Waals surface area contributed by atoms with Gasteiger partial charge >= 0.3 is 0 Å². The van der Waals surface area contributed by atoms with Crippen molar-refractivity contribution < 1.29 is 13.9 Å². The molecular weight excluding hydrogens is 502 g/mol. The van der Waals surface area contributed by atoms with Gasteiger partial charge in [-0.1, -0.05) is 42.0 Å². The number of hydrogen-bond acceptors (Lipinski definition) is 4. The van der Waals surface area contributed by atoms with Crippen LogP contribution in [0.3, 0.4) is 0 Å². The molecule has 0 aliphatic carbocycles. The number of ether oxygens (including phenoxy) is 1. The zero-order valence-corrected chi connectivity index (χ0v) is 21.5. The summed E-state index contributed by atoms with van der Waals surface area (Å²) < 4.78 is 19.6. The Morgan fingerprint density at radius 1 is 1.17 bits per heavy atom. The van der Waals surface area contributed by atoms with E-state index in [-0.39, 0.29) is 12.6 Å². The number of hydrogen-bond donors (Lipinski definition) is 1. The molecule has 0 radical (unpaired) electrons. The highest BCUT2D eigenvalue weighted by atomic mass is 35.5. The van der Waals surface area contributed by atoms with Crippen LogP contribution in [0.2, 0.25) is 10.0 Å². The first-order chi connectivity index (χ1) is 17.5. The highest BCUT2D eigenvalue weighted by Gasteiger charge is 2.26. The molecule has 3 aromatic rings. The van der Waals surface area contributed by atoms with Crippen molar-refractivity contribution in [2.75, 3.05) is 33.0 Å². The molecule has 0 atom stereocenters. The molecule has 1 aliphatic heterocycles. The largest absolute Gasteiger partial charge is 0.379 e. The standard InChI is InChI=1S/C27H27Cl2FN4O2/c1-2-24-25(27(35)32-33-14-16-36-17-15-33)31-26(22-12-9-20(28)18-23(22)29)34(24)21-10-7-19(8-11-21)6-4-3-5-13-30/h7-12,18H,2-3,5,13-17H2,1H3,(H,32,35). The number of aromatic nitrogens is 2. The molecule has 1 amide bonds. The minimum absolute atomic E-state index is 0.283. The lowest BCUT2D eigenvalue weighted by atomic mass is 10.1. The number of unbranched alkanes of at least 4 members (excludes halogenated alkanes) is 1. The van der Waals surface area contributed by atoms with Gasteiger partial charge in [-0.3, -0.25) is 19.2 Å². The van der Waals surface area contributed by atoms with Gasteiger partial charge in [0.05, 0.1) is 30.6 Å². The van der Waals surface area contributed by atoms with Crippen molar-refractivity contribution in [1.82, 2.24) is 20.0 Å². The quantitative estimate of drug-likeness (QED) is 0.325. The van der Waals surface area contributed by atoms with Crippen LogP contribution in [0.25, 0.3) is 17.1 Å². The molecule has 6 nitrogen and oxygen atoms in total. The first-order valence-electron chi connectivity index (χ1n) is 11.9. The average Bonchev–Trinajstić information content (AvgIpc) is 3.27.